The van der Waals surface area contributed by atoms with E-state index in [0.717, 1.165) is 51.0 Å². The van der Waals surface area contributed by atoms with Gasteiger partial charge in [-0.05, 0) is 32.1 Å². The zero-order chi connectivity index (χ0) is 14.8. The van der Waals surface area contributed by atoms with Crippen LogP contribution < -0.4 is 5.32 Å². The molecule has 0 aliphatic carbocycles. The monoisotopic (exact) mass is 411 g/mol. The summed E-state index contributed by atoms with van der Waals surface area (Å²) in [5.41, 5.74) is 0. The summed E-state index contributed by atoms with van der Waals surface area (Å²) in [5, 5.41) is 3.49. The second-order valence-corrected chi connectivity index (χ2v) is 6.01. The van der Waals surface area contributed by atoms with Crippen molar-refractivity contribution in [1.29, 1.82) is 0 Å². The number of guanidine groups is 1. The van der Waals surface area contributed by atoms with Crippen LogP contribution in [0, 0.1) is 5.92 Å². The van der Waals surface area contributed by atoms with E-state index < -0.39 is 0 Å². The number of hydrogen-bond acceptors (Lipinski definition) is 2. The minimum Gasteiger partial charge on any atom is -0.378 e. The van der Waals surface area contributed by atoms with Crippen molar-refractivity contribution in [3.8, 4) is 0 Å². The van der Waals surface area contributed by atoms with Gasteiger partial charge in [-0.1, -0.05) is 26.7 Å². The third-order valence-corrected chi connectivity index (χ3v) is 3.85. The van der Waals surface area contributed by atoms with Crippen LogP contribution in [0.2, 0.25) is 0 Å². The molecular weight excluding hydrogens is 377 g/mol. The molecule has 0 saturated carbocycles. The maximum Gasteiger partial charge on any atom is 0.193 e. The van der Waals surface area contributed by atoms with Gasteiger partial charge in [0.15, 0.2) is 5.96 Å². The fourth-order valence-electron chi connectivity index (χ4n) is 2.68. The molecular formula is C16H34IN3O. The number of ether oxygens (including phenoxy) is 1. The van der Waals surface area contributed by atoms with Crippen molar-refractivity contribution < 1.29 is 4.74 Å². The lowest BCUT2D eigenvalue weighted by molar-refractivity contribution is 0.0264. The van der Waals surface area contributed by atoms with Gasteiger partial charge in [0.05, 0.1) is 6.10 Å². The number of halogens is 1. The first-order chi connectivity index (χ1) is 9.67. The Kier molecular flexibility index (Phi) is 12.5. The molecule has 21 heavy (non-hydrogen) atoms. The van der Waals surface area contributed by atoms with Crippen molar-refractivity contribution in [1.82, 2.24) is 10.2 Å². The molecule has 1 aliphatic rings. The van der Waals surface area contributed by atoms with Gasteiger partial charge < -0.3 is 15.0 Å². The lowest BCUT2D eigenvalue weighted by Gasteiger charge is -2.34. The number of hydrogen-bond donors (Lipinski definition) is 1. The molecule has 0 unspecified atom stereocenters. The Balaban J connectivity index is 0.00000400. The fourth-order valence-corrected chi connectivity index (χ4v) is 2.68. The minimum atomic E-state index is 0. The lowest BCUT2D eigenvalue weighted by atomic mass is 10.1. The van der Waals surface area contributed by atoms with E-state index in [0.29, 0.717) is 6.10 Å². The van der Waals surface area contributed by atoms with Gasteiger partial charge >= 0.3 is 0 Å². The molecule has 0 radical (unpaired) electrons. The molecule has 5 heteroatoms. The van der Waals surface area contributed by atoms with Crippen LogP contribution in [0.3, 0.4) is 0 Å². The van der Waals surface area contributed by atoms with Crippen LogP contribution in [0.5, 0.6) is 0 Å². The average Bonchev–Trinajstić information content (AvgIpc) is 2.44. The Morgan fingerprint density at radius 1 is 1.29 bits per heavy atom. The molecule has 1 rings (SSSR count). The lowest BCUT2D eigenvalue weighted by Crippen LogP contribution is -2.47. The second-order valence-electron chi connectivity index (χ2n) is 6.01. The molecule has 0 atom stereocenters. The predicted molar refractivity (Wildman–Crippen MR) is 102 cm³/mol. The zero-order valence-corrected chi connectivity index (χ0v) is 16.6. The van der Waals surface area contributed by atoms with Crippen LogP contribution in [0.4, 0.5) is 0 Å². The zero-order valence-electron chi connectivity index (χ0n) is 14.2. The van der Waals surface area contributed by atoms with Crippen LogP contribution in [-0.4, -0.2) is 50.3 Å². The Hall–Kier alpha value is -0.0400. The van der Waals surface area contributed by atoms with Crippen molar-refractivity contribution in [2.75, 3.05) is 33.3 Å². The van der Waals surface area contributed by atoms with Crippen LogP contribution in [0.25, 0.3) is 0 Å². The molecule has 1 fully saturated rings. The minimum absolute atomic E-state index is 0. The van der Waals surface area contributed by atoms with Gasteiger partial charge in [0, 0.05) is 33.3 Å². The summed E-state index contributed by atoms with van der Waals surface area (Å²) in [5.74, 6) is 1.87. The molecule has 0 spiro atoms. The Labute approximate surface area is 148 Å². The quantitative estimate of drug-likeness (QED) is 0.302. The second kappa shape index (κ2) is 12.5. The third-order valence-electron chi connectivity index (χ3n) is 3.85. The number of nitrogens with one attached hydrogen (secondary N) is 1. The van der Waals surface area contributed by atoms with Crippen LogP contribution in [0.1, 0.15) is 52.9 Å². The molecule has 0 aromatic heterocycles. The molecule has 1 heterocycles. The molecule has 0 aromatic rings. The van der Waals surface area contributed by atoms with E-state index in [4.69, 9.17) is 4.74 Å². The molecule has 0 aromatic carbocycles. The van der Waals surface area contributed by atoms with E-state index >= 15 is 0 Å². The van der Waals surface area contributed by atoms with Gasteiger partial charge in [-0.3, -0.25) is 4.99 Å². The van der Waals surface area contributed by atoms with E-state index in [1.807, 2.05) is 7.05 Å². The smallest absolute Gasteiger partial charge is 0.193 e. The highest BCUT2D eigenvalue weighted by atomic mass is 127. The molecule has 126 valence electrons. The summed E-state index contributed by atoms with van der Waals surface area (Å²) in [6.45, 7) is 10.6. The summed E-state index contributed by atoms with van der Waals surface area (Å²) < 4.78 is 5.69. The normalized spacial score (nSPS) is 17.0. The third kappa shape index (κ3) is 8.86. The summed E-state index contributed by atoms with van der Waals surface area (Å²) in [6, 6.07) is 0. The Morgan fingerprint density at radius 3 is 2.48 bits per heavy atom. The van der Waals surface area contributed by atoms with Gasteiger partial charge in [0.25, 0.3) is 0 Å². The van der Waals surface area contributed by atoms with E-state index in [1.54, 1.807) is 0 Å². The van der Waals surface area contributed by atoms with Crippen molar-refractivity contribution in [2.24, 2.45) is 10.9 Å². The van der Waals surface area contributed by atoms with Crippen LogP contribution in [-0.2, 0) is 4.74 Å². The molecule has 0 amide bonds. The first-order valence-corrected chi connectivity index (χ1v) is 8.24. The van der Waals surface area contributed by atoms with Gasteiger partial charge in [-0.2, -0.15) is 0 Å². The summed E-state index contributed by atoms with van der Waals surface area (Å²) in [7, 11) is 1.88. The number of rotatable bonds is 7. The van der Waals surface area contributed by atoms with Crippen LogP contribution >= 0.6 is 24.0 Å². The highest BCUT2D eigenvalue weighted by molar-refractivity contribution is 14.0. The van der Waals surface area contributed by atoms with Gasteiger partial charge in [0.1, 0.15) is 0 Å². The summed E-state index contributed by atoms with van der Waals surface area (Å²) in [4.78, 5) is 6.77. The highest BCUT2D eigenvalue weighted by Crippen LogP contribution is 2.13. The average molecular weight is 411 g/mol. The van der Waals surface area contributed by atoms with Crippen molar-refractivity contribution in [3.63, 3.8) is 0 Å². The van der Waals surface area contributed by atoms with Crippen molar-refractivity contribution >= 4 is 29.9 Å². The Bertz CT molecular complexity index is 277. The topological polar surface area (TPSA) is 36.9 Å². The van der Waals surface area contributed by atoms with Crippen LogP contribution in [0.15, 0.2) is 4.99 Å². The SMILES string of the molecule is CCOC1CCN(C(=NC)NCCCCC(C)C)CC1.I. The van der Waals surface area contributed by atoms with Crippen molar-refractivity contribution in [3.05, 3.63) is 0 Å². The van der Waals surface area contributed by atoms with E-state index in [1.165, 1.54) is 19.3 Å². The molecule has 1 N–H and O–H groups in total. The molecule has 0 bridgehead atoms. The van der Waals surface area contributed by atoms with E-state index in [-0.39, 0.29) is 24.0 Å². The number of likely N-dealkylation sites (tertiary alicyclic amines) is 1. The number of unbranched alkanes of at least 4 members (excludes halogenated alkanes) is 1. The summed E-state index contributed by atoms with van der Waals surface area (Å²) >= 11 is 0. The largest absolute Gasteiger partial charge is 0.378 e. The number of piperidine rings is 1. The number of nitrogens with zero attached hydrogens (tertiary/aromatic N) is 2. The molecule has 4 nitrogen and oxygen atoms in total. The Morgan fingerprint density at radius 2 is 1.95 bits per heavy atom. The molecule has 1 saturated heterocycles. The maximum absolute atomic E-state index is 5.69. The first-order valence-electron chi connectivity index (χ1n) is 8.24. The number of aliphatic imine (C=N–C) groups is 1. The van der Waals surface area contributed by atoms with Crippen molar-refractivity contribution in [2.45, 2.75) is 59.0 Å². The predicted octanol–water partition coefficient (Wildman–Crippen LogP) is 3.51. The van der Waals surface area contributed by atoms with E-state index in [2.05, 4.69) is 36.0 Å². The molecule has 1 aliphatic heterocycles. The first kappa shape index (κ1) is 21.0. The fraction of sp³-hybridized carbons (Fsp3) is 0.938. The summed E-state index contributed by atoms with van der Waals surface area (Å²) in [6.07, 6.45) is 6.52. The van der Waals surface area contributed by atoms with E-state index in [9.17, 15) is 0 Å². The van der Waals surface area contributed by atoms with Gasteiger partial charge in [-0.15, -0.1) is 24.0 Å². The maximum atomic E-state index is 5.69. The van der Waals surface area contributed by atoms with Gasteiger partial charge in [0.2, 0.25) is 0 Å². The standard InChI is InChI=1S/C16H33N3O.HI/c1-5-20-15-9-12-19(13-10-15)16(17-4)18-11-7-6-8-14(2)3;/h14-15H,5-13H2,1-4H3,(H,17,18);1H. The highest BCUT2D eigenvalue weighted by Gasteiger charge is 2.21. The van der Waals surface area contributed by atoms with Gasteiger partial charge in [-0.25, -0.2) is 0 Å².